The predicted octanol–water partition coefficient (Wildman–Crippen LogP) is 2.45. The molecule has 1 aliphatic heterocycles. The average molecular weight is 233 g/mol. The van der Waals surface area contributed by atoms with Crippen LogP contribution in [0.25, 0.3) is 0 Å². The van der Waals surface area contributed by atoms with Crippen molar-refractivity contribution in [1.82, 2.24) is 4.90 Å². The van der Waals surface area contributed by atoms with Crippen LogP contribution in [0.4, 0.5) is 0 Å². The highest BCUT2D eigenvalue weighted by atomic mass is 16.3. The van der Waals surface area contributed by atoms with E-state index in [1.165, 1.54) is 12.8 Å². The summed E-state index contributed by atoms with van der Waals surface area (Å²) in [6.07, 6.45) is 4.15. The molecule has 1 atom stereocenters. The van der Waals surface area contributed by atoms with Gasteiger partial charge in [0.1, 0.15) is 5.75 Å². The van der Waals surface area contributed by atoms with Gasteiger partial charge in [0.05, 0.1) is 0 Å². The van der Waals surface area contributed by atoms with E-state index in [0.29, 0.717) is 18.0 Å². The lowest BCUT2D eigenvalue weighted by Crippen LogP contribution is -2.37. The van der Waals surface area contributed by atoms with E-state index in [0.717, 1.165) is 13.0 Å². The Morgan fingerprint density at radius 3 is 2.71 bits per heavy atom. The smallest absolute Gasteiger partial charge is 0.164 e. The van der Waals surface area contributed by atoms with Crippen LogP contribution >= 0.6 is 0 Å². The SMILES string of the molecule is CN1CCCCC1CC(=O)c1ccc(O)cc1. The van der Waals surface area contributed by atoms with Gasteiger partial charge in [-0.1, -0.05) is 6.42 Å². The minimum absolute atomic E-state index is 0.170. The molecular weight excluding hydrogens is 214 g/mol. The number of Topliss-reactive ketones (excluding diaryl/α,β-unsaturated/α-hetero) is 1. The standard InChI is InChI=1S/C14H19NO2/c1-15-9-3-2-4-12(15)10-14(17)11-5-7-13(16)8-6-11/h5-8,12,16H,2-4,9-10H2,1H3. The molecule has 0 bridgehead atoms. The van der Waals surface area contributed by atoms with Gasteiger partial charge in [-0.15, -0.1) is 0 Å². The van der Waals surface area contributed by atoms with Crippen LogP contribution in [0, 0.1) is 0 Å². The Morgan fingerprint density at radius 2 is 2.06 bits per heavy atom. The number of phenolic OH excluding ortho intramolecular Hbond substituents is 1. The summed E-state index contributed by atoms with van der Waals surface area (Å²) in [5, 5.41) is 9.18. The summed E-state index contributed by atoms with van der Waals surface area (Å²) < 4.78 is 0. The van der Waals surface area contributed by atoms with Crippen LogP contribution in [-0.2, 0) is 0 Å². The Hall–Kier alpha value is -1.35. The molecule has 0 aliphatic carbocycles. The average Bonchev–Trinajstić information content (AvgIpc) is 2.33. The number of piperidine rings is 1. The molecule has 1 aliphatic rings. The van der Waals surface area contributed by atoms with Gasteiger partial charge in [0, 0.05) is 18.0 Å². The van der Waals surface area contributed by atoms with Gasteiger partial charge >= 0.3 is 0 Å². The quantitative estimate of drug-likeness (QED) is 0.815. The van der Waals surface area contributed by atoms with E-state index in [4.69, 9.17) is 0 Å². The lowest BCUT2D eigenvalue weighted by Gasteiger charge is -2.31. The zero-order valence-corrected chi connectivity index (χ0v) is 10.2. The lowest BCUT2D eigenvalue weighted by atomic mass is 9.95. The van der Waals surface area contributed by atoms with E-state index in [9.17, 15) is 9.90 Å². The van der Waals surface area contributed by atoms with E-state index in [2.05, 4.69) is 11.9 Å². The molecule has 2 rings (SSSR count). The van der Waals surface area contributed by atoms with Gasteiger partial charge in [-0.05, 0) is 50.7 Å². The van der Waals surface area contributed by atoms with Crippen molar-refractivity contribution >= 4 is 5.78 Å². The first-order valence-electron chi connectivity index (χ1n) is 6.19. The van der Waals surface area contributed by atoms with E-state index in [1.54, 1.807) is 24.3 Å². The fraction of sp³-hybridized carbons (Fsp3) is 0.500. The van der Waals surface area contributed by atoms with Gasteiger partial charge in [0.2, 0.25) is 0 Å². The fourth-order valence-corrected chi connectivity index (χ4v) is 2.38. The zero-order valence-electron chi connectivity index (χ0n) is 10.2. The highest BCUT2D eigenvalue weighted by Crippen LogP contribution is 2.20. The molecule has 1 saturated heterocycles. The second-order valence-electron chi connectivity index (χ2n) is 4.80. The van der Waals surface area contributed by atoms with E-state index >= 15 is 0 Å². The maximum Gasteiger partial charge on any atom is 0.164 e. The number of likely N-dealkylation sites (tertiary alicyclic amines) is 1. The number of hydrogen-bond acceptors (Lipinski definition) is 3. The minimum atomic E-state index is 0.170. The van der Waals surface area contributed by atoms with Crippen LogP contribution in [0.5, 0.6) is 5.75 Å². The topological polar surface area (TPSA) is 40.5 Å². The van der Waals surface area contributed by atoms with Crippen LogP contribution in [0.1, 0.15) is 36.0 Å². The van der Waals surface area contributed by atoms with Gasteiger partial charge in [0.25, 0.3) is 0 Å². The molecule has 0 saturated carbocycles. The Kier molecular flexibility index (Phi) is 3.79. The van der Waals surface area contributed by atoms with Gasteiger partial charge in [-0.3, -0.25) is 4.79 Å². The fourth-order valence-electron chi connectivity index (χ4n) is 2.38. The zero-order chi connectivity index (χ0) is 12.3. The summed E-state index contributed by atoms with van der Waals surface area (Å²) in [4.78, 5) is 14.3. The molecule has 0 aromatic heterocycles. The molecule has 17 heavy (non-hydrogen) atoms. The lowest BCUT2D eigenvalue weighted by molar-refractivity contribution is 0.0906. The number of phenols is 1. The molecular formula is C14H19NO2. The molecule has 3 heteroatoms. The first-order chi connectivity index (χ1) is 8.16. The second-order valence-corrected chi connectivity index (χ2v) is 4.80. The van der Waals surface area contributed by atoms with Crippen molar-refractivity contribution < 1.29 is 9.90 Å². The Bertz CT molecular complexity index is 386. The molecule has 1 aromatic rings. The summed E-state index contributed by atoms with van der Waals surface area (Å²) in [6.45, 7) is 1.09. The highest BCUT2D eigenvalue weighted by Gasteiger charge is 2.22. The van der Waals surface area contributed by atoms with Crippen molar-refractivity contribution in [3.8, 4) is 5.75 Å². The third-order valence-electron chi connectivity index (χ3n) is 3.53. The predicted molar refractivity (Wildman–Crippen MR) is 67.3 cm³/mol. The number of nitrogens with zero attached hydrogens (tertiary/aromatic N) is 1. The molecule has 0 spiro atoms. The van der Waals surface area contributed by atoms with E-state index in [-0.39, 0.29) is 11.5 Å². The first kappa shape index (κ1) is 12.1. The third-order valence-corrected chi connectivity index (χ3v) is 3.53. The minimum Gasteiger partial charge on any atom is -0.508 e. The van der Waals surface area contributed by atoms with Gasteiger partial charge in [-0.2, -0.15) is 0 Å². The van der Waals surface area contributed by atoms with Crippen LogP contribution < -0.4 is 0 Å². The second kappa shape index (κ2) is 5.32. The number of benzene rings is 1. The van der Waals surface area contributed by atoms with Crippen LogP contribution in [0.3, 0.4) is 0 Å². The Morgan fingerprint density at radius 1 is 1.35 bits per heavy atom. The van der Waals surface area contributed by atoms with Gasteiger partial charge < -0.3 is 10.0 Å². The van der Waals surface area contributed by atoms with Crippen LogP contribution in [-0.4, -0.2) is 35.4 Å². The summed E-state index contributed by atoms with van der Waals surface area (Å²) in [7, 11) is 2.09. The first-order valence-corrected chi connectivity index (χ1v) is 6.19. The van der Waals surface area contributed by atoms with Crippen molar-refractivity contribution in [1.29, 1.82) is 0 Å². The molecule has 3 nitrogen and oxygen atoms in total. The number of carbonyl (C=O) groups is 1. The molecule has 1 N–H and O–H groups in total. The number of aromatic hydroxyl groups is 1. The molecule has 1 heterocycles. The molecule has 1 unspecified atom stereocenters. The maximum absolute atomic E-state index is 12.1. The monoisotopic (exact) mass is 233 g/mol. The number of rotatable bonds is 3. The Labute approximate surface area is 102 Å². The largest absolute Gasteiger partial charge is 0.508 e. The molecule has 0 amide bonds. The van der Waals surface area contributed by atoms with Crippen molar-refractivity contribution in [2.45, 2.75) is 31.7 Å². The number of ketones is 1. The number of carbonyl (C=O) groups excluding carboxylic acids is 1. The summed E-state index contributed by atoms with van der Waals surface area (Å²) in [5.41, 5.74) is 0.696. The van der Waals surface area contributed by atoms with Crippen molar-refractivity contribution in [3.63, 3.8) is 0 Å². The van der Waals surface area contributed by atoms with Crippen LogP contribution in [0.2, 0.25) is 0 Å². The molecule has 1 fully saturated rings. The highest BCUT2D eigenvalue weighted by molar-refractivity contribution is 5.96. The maximum atomic E-state index is 12.1. The molecule has 92 valence electrons. The van der Waals surface area contributed by atoms with E-state index in [1.807, 2.05) is 0 Å². The summed E-state index contributed by atoms with van der Waals surface area (Å²) in [6, 6.07) is 6.90. The van der Waals surface area contributed by atoms with Crippen molar-refractivity contribution in [3.05, 3.63) is 29.8 Å². The van der Waals surface area contributed by atoms with Gasteiger partial charge in [-0.25, -0.2) is 0 Å². The summed E-state index contributed by atoms with van der Waals surface area (Å²) >= 11 is 0. The third kappa shape index (κ3) is 3.07. The molecule has 0 radical (unpaired) electrons. The van der Waals surface area contributed by atoms with Crippen molar-refractivity contribution in [2.75, 3.05) is 13.6 Å². The number of hydrogen-bond donors (Lipinski definition) is 1. The van der Waals surface area contributed by atoms with Crippen molar-refractivity contribution in [2.24, 2.45) is 0 Å². The normalized spacial score (nSPS) is 21.4. The Balaban J connectivity index is 1.98. The van der Waals surface area contributed by atoms with Gasteiger partial charge in [0.15, 0.2) is 5.78 Å². The van der Waals surface area contributed by atoms with Crippen LogP contribution in [0.15, 0.2) is 24.3 Å². The molecule has 1 aromatic carbocycles. The summed E-state index contributed by atoms with van der Waals surface area (Å²) in [5.74, 6) is 0.375. The van der Waals surface area contributed by atoms with E-state index < -0.39 is 0 Å².